The molecule has 0 bridgehead atoms. The van der Waals surface area contributed by atoms with Crippen LogP contribution in [0, 0.1) is 0 Å². The first-order valence-electron chi connectivity index (χ1n) is 8.39. The standard InChI is InChI=1S/C18H17N7/c1-2-15(23-17-13(1)14-11-20-4-3-16(14)24-17)12-9-21-18(22-10-12)25-7-5-19-6-8-25/h1-4,9-11,19H,5-8H2,(H,23,24). The molecule has 1 aliphatic rings. The maximum absolute atomic E-state index is 4.74. The van der Waals surface area contributed by atoms with Gasteiger partial charge in [-0.1, -0.05) is 0 Å². The van der Waals surface area contributed by atoms with Gasteiger partial charge in [-0.05, 0) is 18.2 Å². The van der Waals surface area contributed by atoms with Crippen molar-refractivity contribution in [2.24, 2.45) is 0 Å². The third-order valence-electron chi connectivity index (χ3n) is 4.59. The number of pyridine rings is 2. The van der Waals surface area contributed by atoms with E-state index in [1.807, 2.05) is 30.7 Å². The van der Waals surface area contributed by atoms with Crippen molar-refractivity contribution in [1.29, 1.82) is 0 Å². The molecule has 0 aromatic carbocycles. The summed E-state index contributed by atoms with van der Waals surface area (Å²) in [6.45, 7) is 3.82. The van der Waals surface area contributed by atoms with Gasteiger partial charge in [-0.2, -0.15) is 0 Å². The fraction of sp³-hybridized carbons (Fsp3) is 0.222. The van der Waals surface area contributed by atoms with E-state index in [9.17, 15) is 0 Å². The van der Waals surface area contributed by atoms with E-state index >= 15 is 0 Å². The number of anilines is 1. The van der Waals surface area contributed by atoms with Gasteiger partial charge in [-0.15, -0.1) is 0 Å². The van der Waals surface area contributed by atoms with Crippen molar-refractivity contribution >= 4 is 27.9 Å². The summed E-state index contributed by atoms with van der Waals surface area (Å²) >= 11 is 0. The van der Waals surface area contributed by atoms with Crippen LogP contribution in [0.5, 0.6) is 0 Å². The van der Waals surface area contributed by atoms with Crippen LogP contribution in [-0.4, -0.2) is 51.1 Å². The van der Waals surface area contributed by atoms with Crippen molar-refractivity contribution in [3.63, 3.8) is 0 Å². The van der Waals surface area contributed by atoms with Crippen LogP contribution in [0.1, 0.15) is 0 Å². The Hall–Kier alpha value is -3.06. The molecule has 4 aromatic rings. The zero-order valence-corrected chi connectivity index (χ0v) is 13.6. The lowest BCUT2D eigenvalue weighted by atomic mass is 10.2. The number of aromatic nitrogens is 5. The number of fused-ring (bicyclic) bond motifs is 3. The van der Waals surface area contributed by atoms with Crippen LogP contribution in [-0.2, 0) is 0 Å². The Kier molecular flexibility index (Phi) is 3.31. The number of nitrogens with one attached hydrogen (secondary N) is 2. The van der Waals surface area contributed by atoms with Crippen LogP contribution >= 0.6 is 0 Å². The Morgan fingerprint density at radius 1 is 0.920 bits per heavy atom. The summed E-state index contributed by atoms with van der Waals surface area (Å²) in [6.07, 6.45) is 7.34. The molecule has 0 amide bonds. The molecular weight excluding hydrogens is 314 g/mol. The average molecular weight is 331 g/mol. The van der Waals surface area contributed by atoms with Gasteiger partial charge in [0.25, 0.3) is 0 Å². The van der Waals surface area contributed by atoms with Crippen molar-refractivity contribution in [3.05, 3.63) is 43.0 Å². The molecular formula is C18H17N7. The molecule has 0 radical (unpaired) electrons. The van der Waals surface area contributed by atoms with E-state index in [2.05, 4.69) is 36.2 Å². The number of piperazine rings is 1. The number of nitrogens with zero attached hydrogens (tertiary/aromatic N) is 5. The van der Waals surface area contributed by atoms with Crippen molar-refractivity contribution in [1.82, 2.24) is 30.2 Å². The summed E-state index contributed by atoms with van der Waals surface area (Å²) in [6, 6.07) is 6.04. The molecule has 25 heavy (non-hydrogen) atoms. The van der Waals surface area contributed by atoms with Crippen LogP contribution in [0.15, 0.2) is 43.0 Å². The summed E-state index contributed by atoms with van der Waals surface area (Å²) in [5.74, 6) is 0.781. The summed E-state index contributed by atoms with van der Waals surface area (Å²) in [4.78, 5) is 23.5. The number of hydrogen-bond donors (Lipinski definition) is 2. The largest absolute Gasteiger partial charge is 0.339 e. The molecule has 1 saturated heterocycles. The zero-order chi connectivity index (χ0) is 16.6. The zero-order valence-electron chi connectivity index (χ0n) is 13.6. The highest BCUT2D eigenvalue weighted by Crippen LogP contribution is 2.26. The van der Waals surface area contributed by atoms with Gasteiger partial charge in [0.05, 0.1) is 11.2 Å². The van der Waals surface area contributed by atoms with Crippen LogP contribution in [0.2, 0.25) is 0 Å². The first-order chi connectivity index (χ1) is 12.4. The van der Waals surface area contributed by atoms with Crippen molar-refractivity contribution in [2.75, 3.05) is 31.1 Å². The molecule has 4 aromatic heterocycles. The molecule has 0 aliphatic carbocycles. The quantitative estimate of drug-likeness (QED) is 0.584. The lowest BCUT2D eigenvalue weighted by molar-refractivity contribution is 0.580. The molecule has 0 spiro atoms. The average Bonchev–Trinajstić information content (AvgIpc) is 3.06. The van der Waals surface area contributed by atoms with Crippen molar-refractivity contribution in [2.45, 2.75) is 0 Å². The minimum Gasteiger partial charge on any atom is -0.339 e. The van der Waals surface area contributed by atoms with E-state index in [0.717, 1.165) is 65.3 Å². The predicted octanol–water partition coefficient (Wildman–Crippen LogP) is 1.98. The molecule has 1 aliphatic heterocycles. The summed E-state index contributed by atoms with van der Waals surface area (Å²) < 4.78 is 0. The van der Waals surface area contributed by atoms with E-state index < -0.39 is 0 Å². The number of H-pyrrole nitrogens is 1. The maximum atomic E-state index is 4.74. The van der Waals surface area contributed by atoms with Gasteiger partial charge in [0.15, 0.2) is 0 Å². The molecule has 1 fully saturated rings. The van der Waals surface area contributed by atoms with E-state index in [0.29, 0.717) is 0 Å². The van der Waals surface area contributed by atoms with Gasteiger partial charge in [-0.25, -0.2) is 15.0 Å². The van der Waals surface area contributed by atoms with Gasteiger partial charge in [-0.3, -0.25) is 4.98 Å². The molecule has 0 saturated carbocycles. The van der Waals surface area contributed by atoms with Gasteiger partial charge in [0.2, 0.25) is 5.95 Å². The summed E-state index contributed by atoms with van der Waals surface area (Å²) in [5.41, 5.74) is 3.67. The second-order valence-corrected chi connectivity index (χ2v) is 6.15. The van der Waals surface area contributed by atoms with Crippen LogP contribution in [0.3, 0.4) is 0 Å². The lowest BCUT2D eigenvalue weighted by Crippen LogP contribution is -2.44. The van der Waals surface area contributed by atoms with Gasteiger partial charge in [0.1, 0.15) is 5.65 Å². The lowest BCUT2D eigenvalue weighted by Gasteiger charge is -2.27. The fourth-order valence-electron chi connectivity index (χ4n) is 3.26. The first kappa shape index (κ1) is 14.3. The molecule has 0 unspecified atom stereocenters. The van der Waals surface area contributed by atoms with Crippen LogP contribution in [0.25, 0.3) is 33.2 Å². The smallest absolute Gasteiger partial charge is 0.225 e. The van der Waals surface area contributed by atoms with Gasteiger partial charge >= 0.3 is 0 Å². The Balaban J connectivity index is 1.50. The maximum Gasteiger partial charge on any atom is 0.225 e. The predicted molar refractivity (Wildman–Crippen MR) is 97.5 cm³/mol. The second kappa shape index (κ2) is 5.78. The fourth-order valence-corrected chi connectivity index (χ4v) is 3.26. The number of hydrogen-bond acceptors (Lipinski definition) is 6. The summed E-state index contributed by atoms with van der Waals surface area (Å²) in [7, 11) is 0. The third-order valence-corrected chi connectivity index (χ3v) is 4.59. The SMILES string of the molecule is c1cc2[nH]c3nc(-c4cnc(N5CCNCC5)nc4)ccc3c2cn1. The Morgan fingerprint density at radius 3 is 2.60 bits per heavy atom. The third kappa shape index (κ3) is 2.49. The van der Waals surface area contributed by atoms with E-state index in [4.69, 9.17) is 4.98 Å². The van der Waals surface area contributed by atoms with Crippen LogP contribution < -0.4 is 10.2 Å². The van der Waals surface area contributed by atoms with Crippen LogP contribution in [0.4, 0.5) is 5.95 Å². The first-order valence-corrected chi connectivity index (χ1v) is 8.39. The second-order valence-electron chi connectivity index (χ2n) is 6.15. The van der Waals surface area contributed by atoms with Crippen molar-refractivity contribution in [3.8, 4) is 11.3 Å². The van der Waals surface area contributed by atoms with E-state index in [1.54, 1.807) is 6.20 Å². The summed E-state index contributed by atoms with van der Waals surface area (Å²) in [5, 5.41) is 5.49. The molecule has 5 heterocycles. The molecule has 0 atom stereocenters. The molecule has 2 N–H and O–H groups in total. The molecule has 7 heteroatoms. The highest BCUT2D eigenvalue weighted by molar-refractivity contribution is 6.05. The van der Waals surface area contributed by atoms with E-state index in [1.165, 1.54) is 0 Å². The minimum atomic E-state index is 0.781. The van der Waals surface area contributed by atoms with Gasteiger partial charge < -0.3 is 15.2 Å². The highest BCUT2D eigenvalue weighted by Gasteiger charge is 2.13. The van der Waals surface area contributed by atoms with E-state index in [-0.39, 0.29) is 0 Å². The number of rotatable bonds is 2. The Labute approximate surface area is 144 Å². The number of aromatic amines is 1. The highest BCUT2D eigenvalue weighted by atomic mass is 15.3. The molecule has 7 nitrogen and oxygen atoms in total. The Morgan fingerprint density at radius 2 is 1.76 bits per heavy atom. The topological polar surface area (TPSA) is 82.6 Å². The Bertz CT molecular complexity index is 1030. The molecule has 124 valence electrons. The normalized spacial score (nSPS) is 15.1. The van der Waals surface area contributed by atoms with Gasteiger partial charge in [0, 0.05) is 67.3 Å². The molecule has 5 rings (SSSR count). The monoisotopic (exact) mass is 331 g/mol. The van der Waals surface area contributed by atoms with Crippen molar-refractivity contribution < 1.29 is 0 Å². The minimum absolute atomic E-state index is 0.781.